The van der Waals surface area contributed by atoms with E-state index in [1.165, 1.54) is 56.9 Å². The van der Waals surface area contributed by atoms with Gasteiger partial charge in [0.05, 0.1) is 18.8 Å². The zero-order valence-electron chi connectivity index (χ0n) is 13.7. The molecule has 3 rings (SSSR count). The molecule has 0 aromatic heterocycles. The molecule has 0 N–H and O–H groups in total. The summed E-state index contributed by atoms with van der Waals surface area (Å²) in [5, 5.41) is 0. The smallest absolute Gasteiger partial charge is 0.0716 e. The summed E-state index contributed by atoms with van der Waals surface area (Å²) >= 11 is 0. The molecule has 122 valence electrons. The van der Waals surface area contributed by atoms with E-state index >= 15 is 0 Å². The summed E-state index contributed by atoms with van der Waals surface area (Å²) in [7, 11) is 0. The number of ether oxygens (including phenoxy) is 2. The van der Waals surface area contributed by atoms with Crippen LogP contribution in [0.1, 0.15) is 63.4 Å². The maximum Gasteiger partial charge on any atom is 0.0716 e. The number of benzene rings is 1. The molecule has 1 saturated heterocycles. The molecular formula is C20H30O2. The molecule has 22 heavy (non-hydrogen) atoms. The van der Waals surface area contributed by atoms with Crippen LogP contribution >= 0.6 is 0 Å². The first-order chi connectivity index (χ1) is 10.9. The number of hydrogen-bond donors (Lipinski definition) is 0. The van der Waals surface area contributed by atoms with E-state index in [1.54, 1.807) is 0 Å². The van der Waals surface area contributed by atoms with Gasteiger partial charge in [0.1, 0.15) is 0 Å². The Morgan fingerprint density at radius 2 is 1.73 bits per heavy atom. The Labute approximate surface area is 135 Å². The van der Waals surface area contributed by atoms with Crippen LogP contribution in [0.2, 0.25) is 0 Å². The normalized spacial score (nSPS) is 26.9. The fourth-order valence-corrected chi connectivity index (χ4v) is 3.97. The minimum absolute atomic E-state index is 0.427. The van der Waals surface area contributed by atoms with Crippen molar-refractivity contribution in [3.05, 3.63) is 35.9 Å². The van der Waals surface area contributed by atoms with Gasteiger partial charge in [-0.15, -0.1) is 0 Å². The fraction of sp³-hybridized carbons (Fsp3) is 0.700. The van der Waals surface area contributed by atoms with Crippen LogP contribution in [0.5, 0.6) is 0 Å². The van der Waals surface area contributed by atoms with E-state index in [0.717, 1.165) is 25.6 Å². The fourth-order valence-electron chi connectivity index (χ4n) is 3.97. The minimum Gasteiger partial charge on any atom is -0.377 e. The van der Waals surface area contributed by atoms with Crippen molar-refractivity contribution < 1.29 is 9.47 Å². The van der Waals surface area contributed by atoms with Gasteiger partial charge in [-0.05, 0) is 50.0 Å². The molecule has 1 aromatic carbocycles. The van der Waals surface area contributed by atoms with Gasteiger partial charge in [0.2, 0.25) is 0 Å². The Morgan fingerprint density at radius 3 is 2.55 bits per heavy atom. The molecule has 2 aliphatic rings. The first-order valence-electron chi connectivity index (χ1n) is 9.19. The quantitative estimate of drug-likeness (QED) is 0.680. The van der Waals surface area contributed by atoms with E-state index < -0.39 is 0 Å². The first-order valence-corrected chi connectivity index (χ1v) is 9.19. The predicted octanol–water partition coefficient (Wildman–Crippen LogP) is 5.11. The highest BCUT2D eigenvalue weighted by atomic mass is 16.5. The van der Waals surface area contributed by atoms with Gasteiger partial charge < -0.3 is 9.47 Å². The molecule has 1 aromatic rings. The SMILES string of the molecule is c1ccc(COCC[C@@H]2CCC[C@H](C3CCCCC3)O2)cc1. The number of rotatable bonds is 6. The molecule has 0 amide bonds. The second kappa shape index (κ2) is 8.69. The van der Waals surface area contributed by atoms with Crippen LogP contribution in [0, 0.1) is 5.92 Å². The van der Waals surface area contributed by atoms with Crippen molar-refractivity contribution >= 4 is 0 Å². The second-order valence-electron chi connectivity index (χ2n) is 6.95. The highest BCUT2D eigenvalue weighted by Crippen LogP contribution is 2.34. The molecule has 1 saturated carbocycles. The van der Waals surface area contributed by atoms with E-state index in [2.05, 4.69) is 24.3 Å². The number of hydrogen-bond acceptors (Lipinski definition) is 2. The first kappa shape index (κ1) is 16.0. The largest absolute Gasteiger partial charge is 0.377 e. The Kier molecular flexibility index (Phi) is 6.32. The molecule has 0 radical (unpaired) electrons. The van der Waals surface area contributed by atoms with Gasteiger partial charge in [0.25, 0.3) is 0 Å². The van der Waals surface area contributed by atoms with E-state index in [0.29, 0.717) is 12.2 Å². The maximum atomic E-state index is 6.40. The minimum atomic E-state index is 0.427. The summed E-state index contributed by atoms with van der Waals surface area (Å²) in [4.78, 5) is 0. The topological polar surface area (TPSA) is 18.5 Å². The van der Waals surface area contributed by atoms with E-state index in [-0.39, 0.29) is 0 Å². The van der Waals surface area contributed by atoms with Gasteiger partial charge in [0.15, 0.2) is 0 Å². The van der Waals surface area contributed by atoms with Gasteiger partial charge in [0, 0.05) is 6.61 Å². The van der Waals surface area contributed by atoms with Crippen LogP contribution in [0.15, 0.2) is 30.3 Å². The average Bonchev–Trinajstić information content (AvgIpc) is 2.61. The lowest BCUT2D eigenvalue weighted by molar-refractivity contribution is -0.0936. The highest BCUT2D eigenvalue weighted by Gasteiger charge is 2.29. The van der Waals surface area contributed by atoms with Crippen LogP contribution in [0.4, 0.5) is 0 Å². The van der Waals surface area contributed by atoms with Crippen molar-refractivity contribution in [1.29, 1.82) is 0 Å². The zero-order valence-corrected chi connectivity index (χ0v) is 13.7. The lowest BCUT2D eigenvalue weighted by atomic mass is 9.82. The van der Waals surface area contributed by atoms with Crippen molar-refractivity contribution in [2.45, 2.75) is 76.6 Å². The summed E-state index contributed by atoms with van der Waals surface area (Å²) < 4.78 is 12.2. The molecule has 2 nitrogen and oxygen atoms in total. The van der Waals surface area contributed by atoms with Crippen LogP contribution in [0.3, 0.4) is 0 Å². The molecule has 2 atom stereocenters. The van der Waals surface area contributed by atoms with Crippen LogP contribution in [0.25, 0.3) is 0 Å². The van der Waals surface area contributed by atoms with Gasteiger partial charge >= 0.3 is 0 Å². The van der Waals surface area contributed by atoms with E-state index in [4.69, 9.17) is 9.47 Å². The monoisotopic (exact) mass is 302 g/mol. The molecule has 0 bridgehead atoms. The standard InChI is InChI=1S/C20H30O2/c1-3-8-17(9-4-1)16-21-15-14-19-12-7-13-20(22-19)18-10-5-2-6-11-18/h1,3-4,8-9,18-20H,2,5-7,10-16H2/t19-,20+/m0/s1. The van der Waals surface area contributed by atoms with Crippen molar-refractivity contribution in [3.8, 4) is 0 Å². The van der Waals surface area contributed by atoms with Crippen molar-refractivity contribution in [1.82, 2.24) is 0 Å². The Hall–Kier alpha value is -0.860. The average molecular weight is 302 g/mol. The van der Waals surface area contributed by atoms with Gasteiger partial charge in [-0.1, -0.05) is 49.6 Å². The molecular weight excluding hydrogens is 272 g/mol. The summed E-state index contributed by atoms with van der Waals surface area (Å²) in [5.41, 5.74) is 1.26. The Morgan fingerprint density at radius 1 is 0.909 bits per heavy atom. The van der Waals surface area contributed by atoms with Crippen molar-refractivity contribution in [2.24, 2.45) is 5.92 Å². The van der Waals surface area contributed by atoms with Crippen LogP contribution in [-0.4, -0.2) is 18.8 Å². The van der Waals surface area contributed by atoms with Crippen LogP contribution in [-0.2, 0) is 16.1 Å². The highest BCUT2D eigenvalue weighted by molar-refractivity contribution is 5.13. The van der Waals surface area contributed by atoms with Crippen molar-refractivity contribution in [3.63, 3.8) is 0 Å². The summed E-state index contributed by atoms with van der Waals surface area (Å²) in [6.07, 6.45) is 12.9. The summed E-state index contributed by atoms with van der Waals surface area (Å²) in [6.45, 7) is 1.54. The Bertz CT molecular complexity index is 411. The maximum absolute atomic E-state index is 6.40. The molecule has 1 aliphatic carbocycles. The lowest BCUT2D eigenvalue weighted by Crippen LogP contribution is -2.34. The molecule has 0 unspecified atom stereocenters. The third-order valence-electron chi connectivity index (χ3n) is 5.25. The van der Waals surface area contributed by atoms with E-state index in [1.807, 2.05) is 6.07 Å². The predicted molar refractivity (Wildman–Crippen MR) is 89.8 cm³/mol. The molecule has 2 fully saturated rings. The third kappa shape index (κ3) is 4.82. The van der Waals surface area contributed by atoms with Gasteiger partial charge in [-0.25, -0.2) is 0 Å². The molecule has 1 heterocycles. The van der Waals surface area contributed by atoms with Gasteiger partial charge in [-0.3, -0.25) is 0 Å². The summed E-state index contributed by atoms with van der Waals surface area (Å²) in [6, 6.07) is 10.4. The Balaban J connectivity index is 1.35. The molecule has 0 spiro atoms. The lowest BCUT2D eigenvalue weighted by Gasteiger charge is -2.37. The van der Waals surface area contributed by atoms with Crippen LogP contribution < -0.4 is 0 Å². The zero-order chi connectivity index (χ0) is 15.0. The van der Waals surface area contributed by atoms with Gasteiger partial charge in [-0.2, -0.15) is 0 Å². The second-order valence-corrected chi connectivity index (χ2v) is 6.95. The van der Waals surface area contributed by atoms with E-state index in [9.17, 15) is 0 Å². The summed E-state index contributed by atoms with van der Waals surface area (Å²) in [5.74, 6) is 0.835. The molecule has 1 aliphatic heterocycles. The molecule has 2 heteroatoms. The third-order valence-corrected chi connectivity index (χ3v) is 5.25. The van der Waals surface area contributed by atoms with Crippen molar-refractivity contribution in [2.75, 3.05) is 6.61 Å².